The number of aromatic carboxylic acids is 1. The van der Waals surface area contributed by atoms with Crippen LogP contribution < -0.4 is 0 Å². The minimum absolute atomic E-state index is 0.0000337. The maximum Gasteiger partial charge on any atom is 0.335 e. The molecule has 1 heterocycles. The molecule has 3 aromatic rings. The molecule has 0 saturated heterocycles. The number of hydrogen-bond acceptors (Lipinski definition) is 6. The maximum absolute atomic E-state index is 13.2. The van der Waals surface area contributed by atoms with Gasteiger partial charge in [0.25, 0.3) is 0 Å². The molecule has 1 aromatic heterocycles. The Bertz CT molecular complexity index is 959. The molecule has 0 aliphatic rings. The van der Waals surface area contributed by atoms with E-state index in [2.05, 4.69) is 15.5 Å². The number of thioether (sulfide) groups is 1. The minimum atomic E-state index is -1.02. The highest BCUT2D eigenvalue weighted by Gasteiger charge is 2.12. The van der Waals surface area contributed by atoms with Crippen molar-refractivity contribution in [2.75, 3.05) is 5.75 Å². The largest absolute Gasteiger partial charge is 0.478 e. The Morgan fingerprint density at radius 2 is 1.93 bits per heavy atom. The summed E-state index contributed by atoms with van der Waals surface area (Å²) < 4.78 is 14.6. The van der Waals surface area contributed by atoms with E-state index in [0.29, 0.717) is 23.7 Å². The van der Waals surface area contributed by atoms with Crippen LogP contribution in [0.25, 0.3) is 5.69 Å². The predicted molar refractivity (Wildman–Crippen MR) is 96.6 cm³/mol. The molecule has 0 spiro atoms. The lowest BCUT2D eigenvalue weighted by molar-refractivity contribution is -0.116. The molecule has 27 heavy (non-hydrogen) atoms. The van der Waals surface area contributed by atoms with Crippen LogP contribution in [0.5, 0.6) is 0 Å². The molecule has 2 aromatic carbocycles. The summed E-state index contributed by atoms with van der Waals surface area (Å²) in [5.41, 5.74) is 1.53. The Morgan fingerprint density at radius 3 is 2.63 bits per heavy atom. The van der Waals surface area contributed by atoms with Crippen molar-refractivity contribution in [3.05, 3.63) is 65.5 Å². The van der Waals surface area contributed by atoms with E-state index in [0.717, 1.165) is 5.56 Å². The SMILES string of the molecule is O=C(CCc1cccc(F)c1)CSc1nnnn1-c1ccc(C(=O)O)cc1. The van der Waals surface area contributed by atoms with Crippen LogP contribution in [0.2, 0.25) is 0 Å². The summed E-state index contributed by atoms with van der Waals surface area (Å²) >= 11 is 1.19. The van der Waals surface area contributed by atoms with Crippen LogP contribution in [0.3, 0.4) is 0 Å². The van der Waals surface area contributed by atoms with E-state index in [1.807, 2.05) is 0 Å². The summed E-state index contributed by atoms with van der Waals surface area (Å²) in [4.78, 5) is 23.0. The van der Waals surface area contributed by atoms with E-state index in [4.69, 9.17) is 5.11 Å². The van der Waals surface area contributed by atoms with Crippen molar-refractivity contribution in [1.82, 2.24) is 20.2 Å². The first kappa shape index (κ1) is 18.7. The summed E-state index contributed by atoms with van der Waals surface area (Å²) in [6.45, 7) is 0. The Hall–Kier alpha value is -3.07. The average molecular weight is 386 g/mol. The zero-order valence-corrected chi connectivity index (χ0v) is 14.9. The molecular weight excluding hydrogens is 371 g/mol. The first-order valence-corrected chi connectivity index (χ1v) is 9.02. The lowest BCUT2D eigenvalue weighted by atomic mass is 10.1. The molecule has 9 heteroatoms. The Labute approximate surface area is 158 Å². The molecule has 0 radical (unpaired) electrons. The van der Waals surface area contributed by atoms with Crippen LogP contribution in [0, 0.1) is 5.82 Å². The van der Waals surface area contributed by atoms with Crippen LogP contribution in [0.4, 0.5) is 4.39 Å². The van der Waals surface area contributed by atoms with Crippen molar-refractivity contribution in [3.63, 3.8) is 0 Å². The van der Waals surface area contributed by atoms with E-state index >= 15 is 0 Å². The highest BCUT2D eigenvalue weighted by molar-refractivity contribution is 7.99. The number of carbonyl (C=O) groups excluding carboxylic acids is 1. The molecule has 0 saturated carbocycles. The molecule has 0 aliphatic carbocycles. The second-order valence-corrected chi connectivity index (χ2v) is 6.63. The van der Waals surface area contributed by atoms with Gasteiger partial charge in [0, 0.05) is 6.42 Å². The van der Waals surface area contributed by atoms with E-state index in [-0.39, 0.29) is 22.9 Å². The molecular formula is C18H15FN4O3S. The molecule has 0 amide bonds. The quantitative estimate of drug-likeness (QED) is 0.595. The molecule has 0 atom stereocenters. The number of nitrogens with zero attached hydrogens (tertiary/aromatic N) is 4. The Kier molecular flexibility index (Phi) is 5.92. The number of carboxylic acid groups (broad SMARTS) is 1. The smallest absolute Gasteiger partial charge is 0.335 e. The minimum Gasteiger partial charge on any atom is -0.478 e. The summed E-state index contributed by atoms with van der Waals surface area (Å²) in [5.74, 6) is -1.15. The van der Waals surface area contributed by atoms with Gasteiger partial charge >= 0.3 is 5.97 Å². The van der Waals surface area contributed by atoms with Crippen molar-refractivity contribution < 1.29 is 19.1 Å². The van der Waals surface area contributed by atoms with Gasteiger partial charge in [0.15, 0.2) is 0 Å². The first-order chi connectivity index (χ1) is 13.0. The van der Waals surface area contributed by atoms with Crippen LogP contribution in [-0.2, 0) is 11.2 Å². The van der Waals surface area contributed by atoms with Crippen LogP contribution in [0.1, 0.15) is 22.3 Å². The second kappa shape index (κ2) is 8.54. The topological polar surface area (TPSA) is 98.0 Å². The Morgan fingerprint density at radius 1 is 1.15 bits per heavy atom. The molecule has 138 valence electrons. The van der Waals surface area contributed by atoms with E-state index in [9.17, 15) is 14.0 Å². The molecule has 1 N–H and O–H groups in total. The summed E-state index contributed by atoms with van der Waals surface area (Å²) in [6.07, 6.45) is 0.768. The summed E-state index contributed by atoms with van der Waals surface area (Å²) in [7, 11) is 0. The van der Waals surface area contributed by atoms with Gasteiger partial charge < -0.3 is 5.11 Å². The first-order valence-electron chi connectivity index (χ1n) is 8.04. The van der Waals surface area contributed by atoms with Crippen LogP contribution >= 0.6 is 11.8 Å². The molecule has 7 nitrogen and oxygen atoms in total. The fraction of sp³-hybridized carbons (Fsp3) is 0.167. The number of hydrogen-bond donors (Lipinski definition) is 1. The zero-order valence-electron chi connectivity index (χ0n) is 14.1. The lowest BCUT2D eigenvalue weighted by Gasteiger charge is -2.05. The Balaban J connectivity index is 1.58. The standard InChI is InChI=1S/C18H15FN4O3S/c19-14-3-1-2-12(10-14)4-9-16(24)11-27-18-20-21-22-23(18)15-7-5-13(6-8-15)17(25)26/h1-3,5-8,10H,4,9,11H2,(H,25,26). The van der Waals surface area contributed by atoms with Gasteiger partial charge in [-0.25, -0.2) is 9.18 Å². The third-order valence-corrected chi connectivity index (χ3v) is 4.72. The van der Waals surface area contributed by atoms with Gasteiger partial charge in [-0.3, -0.25) is 4.79 Å². The predicted octanol–water partition coefficient (Wildman–Crippen LogP) is 2.79. The number of carbonyl (C=O) groups is 2. The normalized spacial score (nSPS) is 10.7. The number of benzene rings is 2. The third kappa shape index (κ3) is 4.98. The number of carboxylic acids is 1. The van der Waals surface area contributed by atoms with Gasteiger partial charge in [-0.2, -0.15) is 4.68 Å². The van der Waals surface area contributed by atoms with Crippen molar-refractivity contribution in [3.8, 4) is 5.69 Å². The number of ketones is 1. The van der Waals surface area contributed by atoms with E-state index in [1.165, 1.54) is 40.7 Å². The van der Waals surface area contributed by atoms with Crippen molar-refractivity contribution in [1.29, 1.82) is 0 Å². The van der Waals surface area contributed by atoms with Gasteiger partial charge in [0.2, 0.25) is 5.16 Å². The molecule has 0 aliphatic heterocycles. The van der Waals surface area contributed by atoms with Gasteiger partial charge in [0.1, 0.15) is 11.6 Å². The summed E-state index contributed by atoms with van der Waals surface area (Å²) in [6, 6.07) is 12.3. The van der Waals surface area contributed by atoms with Gasteiger partial charge in [-0.1, -0.05) is 23.9 Å². The monoisotopic (exact) mass is 386 g/mol. The highest BCUT2D eigenvalue weighted by Crippen LogP contribution is 2.19. The van der Waals surface area contributed by atoms with Gasteiger partial charge in [-0.05, 0) is 58.8 Å². The fourth-order valence-electron chi connectivity index (χ4n) is 2.37. The van der Waals surface area contributed by atoms with Crippen molar-refractivity contribution in [2.45, 2.75) is 18.0 Å². The average Bonchev–Trinajstić information content (AvgIpc) is 3.13. The van der Waals surface area contributed by atoms with Gasteiger partial charge in [-0.15, -0.1) is 5.10 Å². The fourth-order valence-corrected chi connectivity index (χ4v) is 3.16. The van der Waals surface area contributed by atoms with Crippen LogP contribution in [-0.4, -0.2) is 42.8 Å². The van der Waals surface area contributed by atoms with Crippen molar-refractivity contribution >= 4 is 23.5 Å². The molecule has 0 unspecified atom stereocenters. The molecule has 3 rings (SSSR count). The highest BCUT2D eigenvalue weighted by atomic mass is 32.2. The van der Waals surface area contributed by atoms with Crippen LogP contribution in [0.15, 0.2) is 53.7 Å². The van der Waals surface area contributed by atoms with E-state index < -0.39 is 5.97 Å². The molecule has 0 fully saturated rings. The number of aryl methyl sites for hydroxylation is 1. The number of rotatable bonds is 8. The lowest BCUT2D eigenvalue weighted by Crippen LogP contribution is -2.06. The number of halogens is 1. The number of Topliss-reactive ketones (excluding diaryl/α,β-unsaturated/α-hetero) is 1. The summed E-state index contributed by atoms with van der Waals surface area (Å²) in [5, 5.41) is 20.8. The zero-order chi connectivity index (χ0) is 19.2. The van der Waals surface area contributed by atoms with E-state index in [1.54, 1.807) is 24.3 Å². The maximum atomic E-state index is 13.2. The third-order valence-electron chi connectivity index (χ3n) is 3.74. The number of aromatic nitrogens is 4. The molecule has 0 bridgehead atoms. The van der Waals surface area contributed by atoms with Crippen molar-refractivity contribution in [2.24, 2.45) is 0 Å². The van der Waals surface area contributed by atoms with Gasteiger partial charge in [0.05, 0.1) is 17.0 Å². The number of tetrazole rings is 1. The second-order valence-electron chi connectivity index (χ2n) is 5.68.